The Bertz CT molecular complexity index is 161. The van der Waals surface area contributed by atoms with E-state index in [4.69, 9.17) is 5.11 Å². The van der Waals surface area contributed by atoms with Crippen molar-refractivity contribution in [1.82, 2.24) is 0 Å². The van der Waals surface area contributed by atoms with Gasteiger partial charge in [-0.2, -0.15) is 7.11 Å². The summed E-state index contributed by atoms with van der Waals surface area (Å²) in [6, 6.07) is 0. The quantitative estimate of drug-likeness (QED) is 0.269. The average molecular weight is 330 g/mol. The summed E-state index contributed by atoms with van der Waals surface area (Å²) in [4.78, 5) is 0. The van der Waals surface area contributed by atoms with Crippen molar-refractivity contribution in [3.63, 3.8) is 0 Å². The van der Waals surface area contributed by atoms with E-state index in [0.717, 1.165) is 7.11 Å². The first-order valence-corrected chi connectivity index (χ1v) is 10.5. The van der Waals surface area contributed by atoms with Gasteiger partial charge in [-0.3, -0.25) is 0 Å². The van der Waals surface area contributed by atoms with E-state index >= 15 is 0 Å². The van der Waals surface area contributed by atoms with Crippen LogP contribution in [0.15, 0.2) is 0 Å². The van der Waals surface area contributed by atoms with Gasteiger partial charge in [-0.25, -0.2) is 0 Å². The molecule has 0 saturated heterocycles. The molecule has 23 heavy (non-hydrogen) atoms. The summed E-state index contributed by atoms with van der Waals surface area (Å²) in [5.74, 6) is 0. The third-order valence-electron chi connectivity index (χ3n) is 4.94. The van der Waals surface area contributed by atoms with E-state index in [1.807, 2.05) is 0 Å². The molecule has 0 aromatic carbocycles. The van der Waals surface area contributed by atoms with Crippen LogP contribution < -0.4 is 5.11 Å². The van der Waals surface area contributed by atoms with E-state index in [0.29, 0.717) is 0 Å². The van der Waals surface area contributed by atoms with Crippen LogP contribution in [0.2, 0.25) is 0 Å². The molecular formula is C21H47NO. The topological polar surface area (TPSA) is 23.1 Å². The van der Waals surface area contributed by atoms with Gasteiger partial charge >= 0.3 is 0 Å². The maximum Gasteiger partial charge on any atom is 0.0786 e. The van der Waals surface area contributed by atoms with Gasteiger partial charge in [0, 0.05) is 0 Å². The van der Waals surface area contributed by atoms with Crippen molar-refractivity contribution >= 4 is 0 Å². The molecule has 0 rings (SSSR count). The van der Waals surface area contributed by atoms with Crippen LogP contribution >= 0.6 is 0 Å². The second-order valence-corrected chi connectivity index (χ2v) is 7.06. The first-order chi connectivity index (χ1) is 11.2. The lowest BCUT2D eigenvalue weighted by molar-refractivity contribution is -0.929. The highest BCUT2D eigenvalue weighted by Gasteiger charge is 2.25. The van der Waals surface area contributed by atoms with E-state index < -0.39 is 0 Å². The van der Waals surface area contributed by atoms with Crippen molar-refractivity contribution in [2.24, 2.45) is 0 Å². The Hall–Kier alpha value is -0.0800. The Balaban J connectivity index is 0. The minimum atomic E-state index is 0.750. The molecule has 0 radical (unpaired) electrons. The predicted molar refractivity (Wildman–Crippen MR) is 104 cm³/mol. The zero-order valence-corrected chi connectivity index (χ0v) is 17.2. The predicted octanol–water partition coefficient (Wildman–Crippen LogP) is 5.54. The zero-order valence-electron chi connectivity index (χ0n) is 17.2. The van der Waals surface area contributed by atoms with Crippen molar-refractivity contribution < 1.29 is 9.59 Å². The fraction of sp³-hybridized carbons (Fsp3) is 1.00. The summed E-state index contributed by atoms with van der Waals surface area (Å²) in [6.07, 6.45) is 16.9. The van der Waals surface area contributed by atoms with Crippen LogP contribution in [0.1, 0.15) is 105 Å². The van der Waals surface area contributed by atoms with Gasteiger partial charge in [-0.1, -0.05) is 53.4 Å². The molecule has 2 nitrogen and oxygen atoms in total. The normalized spacial score (nSPS) is 11.2. The first-order valence-electron chi connectivity index (χ1n) is 10.5. The lowest BCUT2D eigenvalue weighted by Crippen LogP contribution is -2.50. The van der Waals surface area contributed by atoms with Crippen molar-refractivity contribution in [1.29, 1.82) is 0 Å². The summed E-state index contributed by atoms with van der Waals surface area (Å²) >= 11 is 0. The molecule has 0 amide bonds. The summed E-state index contributed by atoms with van der Waals surface area (Å²) in [7, 11) is 0.750. The molecule has 0 N–H and O–H groups in total. The molecule has 0 atom stereocenters. The fourth-order valence-electron chi connectivity index (χ4n) is 3.46. The van der Waals surface area contributed by atoms with Gasteiger partial charge < -0.3 is 9.59 Å². The van der Waals surface area contributed by atoms with Gasteiger partial charge in [0.15, 0.2) is 0 Å². The summed E-state index contributed by atoms with van der Waals surface area (Å²) in [5, 5.41) is 8.25. The molecule has 0 fully saturated rings. The van der Waals surface area contributed by atoms with Gasteiger partial charge in [0.25, 0.3) is 0 Å². The minimum Gasteiger partial charge on any atom is -0.857 e. The Labute approximate surface area is 148 Å². The van der Waals surface area contributed by atoms with Gasteiger partial charge in [-0.05, 0) is 51.4 Å². The van der Waals surface area contributed by atoms with Crippen LogP contribution in [-0.2, 0) is 0 Å². The molecule has 0 spiro atoms. The van der Waals surface area contributed by atoms with E-state index in [2.05, 4.69) is 27.7 Å². The zero-order chi connectivity index (χ0) is 17.8. The Morgan fingerprint density at radius 3 is 0.826 bits per heavy atom. The fourth-order valence-corrected chi connectivity index (χ4v) is 3.46. The molecule has 0 aliphatic carbocycles. The van der Waals surface area contributed by atoms with Crippen LogP contribution in [0, 0.1) is 0 Å². The second-order valence-electron chi connectivity index (χ2n) is 7.06. The molecule has 2 heteroatoms. The Kier molecular flexibility index (Phi) is 21.8. The number of hydrogen-bond acceptors (Lipinski definition) is 1. The summed E-state index contributed by atoms with van der Waals surface area (Å²) in [6.45, 7) is 15.1. The average Bonchev–Trinajstić information content (AvgIpc) is 2.57. The molecule has 0 heterocycles. The van der Waals surface area contributed by atoms with Crippen molar-refractivity contribution in [3.05, 3.63) is 0 Å². The highest BCUT2D eigenvalue weighted by molar-refractivity contribution is 4.51. The largest absolute Gasteiger partial charge is 0.857 e. The lowest BCUT2D eigenvalue weighted by atomic mass is 10.1. The van der Waals surface area contributed by atoms with Crippen molar-refractivity contribution in [2.75, 3.05) is 33.3 Å². The molecule has 0 aromatic rings. The smallest absolute Gasteiger partial charge is 0.0786 e. The van der Waals surface area contributed by atoms with Crippen LogP contribution in [0.4, 0.5) is 0 Å². The monoisotopic (exact) mass is 329 g/mol. The number of hydrogen-bond donors (Lipinski definition) is 0. The highest BCUT2D eigenvalue weighted by Crippen LogP contribution is 2.18. The number of rotatable bonds is 16. The molecule has 142 valence electrons. The number of nitrogens with zero attached hydrogens (tertiary/aromatic N) is 1. The lowest BCUT2D eigenvalue weighted by Gasteiger charge is -2.39. The maximum atomic E-state index is 8.25. The molecule has 0 aliphatic heterocycles. The van der Waals surface area contributed by atoms with Crippen LogP contribution in [-0.4, -0.2) is 37.8 Å². The van der Waals surface area contributed by atoms with Crippen LogP contribution in [0.3, 0.4) is 0 Å². The second kappa shape index (κ2) is 20.0. The van der Waals surface area contributed by atoms with Crippen LogP contribution in [0.5, 0.6) is 0 Å². The molecule has 0 aliphatic rings. The van der Waals surface area contributed by atoms with E-state index in [1.165, 1.54) is 108 Å². The first kappa shape index (κ1) is 25.2. The van der Waals surface area contributed by atoms with Crippen LogP contribution in [0.25, 0.3) is 0 Å². The van der Waals surface area contributed by atoms with Gasteiger partial charge in [0.2, 0.25) is 0 Å². The van der Waals surface area contributed by atoms with Gasteiger partial charge in [0.05, 0.1) is 26.2 Å². The third kappa shape index (κ3) is 15.2. The highest BCUT2D eigenvalue weighted by atomic mass is 16.2. The molecule has 0 unspecified atom stereocenters. The number of unbranched alkanes of at least 4 members (excludes halogenated alkanes) is 8. The Morgan fingerprint density at radius 1 is 0.435 bits per heavy atom. The standard InChI is InChI=1S/C20H44N.CH3O/c1-5-9-13-17-21(18-14-10-6-2,19-15-11-7-3)20-16-12-8-4;1-2/h5-20H2,1-4H3;1H3/q+1;-1. The summed E-state index contributed by atoms with van der Waals surface area (Å²) in [5.41, 5.74) is 0. The summed E-state index contributed by atoms with van der Waals surface area (Å²) < 4.78 is 1.44. The van der Waals surface area contributed by atoms with E-state index in [9.17, 15) is 0 Å². The minimum absolute atomic E-state index is 0.750. The van der Waals surface area contributed by atoms with Crippen molar-refractivity contribution in [3.8, 4) is 0 Å². The molecule has 0 aromatic heterocycles. The SMILES string of the molecule is CCCCC[N+](CCCCC)(CCCCC)CCCCC.C[O-]. The van der Waals surface area contributed by atoms with Gasteiger partial charge in [0.1, 0.15) is 0 Å². The molecule has 0 bridgehead atoms. The maximum absolute atomic E-state index is 8.25. The van der Waals surface area contributed by atoms with E-state index in [-0.39, 0.29) is 0 Å². The van der Waals surface area contributed by atoms with Gasteiger partial charge in [-0.15, -0.1) is 0 Å². The Morgan fingerprint density at radius 2 is 0.652 bits per heavy atom. The van der Waals surface area contributed by atoms with Crippen molar-refractivity contribution in [2.45, 2.75) is 105 Å². The number of quaternary nitrogens is 1. The van der Waals surface area contributed by atoms with E-state index in [1.54, 1.807) is 0 Å². The molecular weight excluding hydrogens is 282 g/mol. The molecule has 0 saturated carbocycles. The third-order valence-corrected chi connectivity index (χ3v) is 4.94.